The molecular weight excluding hydrogens is 400 g/mol. The fraction of sp³-hybridized carbons (Fsp3) is 1.00. The predicted molar refractivity (Wildman–Crippen MR) is 110 cm³/mol. The van der Waals surface area contributed by atoms with Crippen LogP contribution < -0.4 is 5.73 Å². The van der Waals surface area contributed by atoms with Gasteiger partial charge in [0.15, 0.2) is 0 Å². The first-order valence-corrected chi connectivity index (χ1v) is 10.2. The summed E-state index contributed by atoms with van der Waals surface area (Å²) in [4.78, 5) is 2.63. The molecule has 0 aliphatic heterocycles. The zero-order valence-corrected chi connectivity index (χ0v) is 17.9. The van der Waals surface area contributed by atoms with E-state index < -0.39 is 0 Å². The van der Waals surface area contributed by atoms with E-state index in [0.29, 0.717) is 119 Å². The molecule has 0 aliphatic carbocycles. The first-order valence-electron chi connectivity index (χ1n) is 10.2. The average Bonchev–Trinajstić information content (AvgIpc) is 2.76. The van der Waals surface area contributed by atoms with Crippen LogP contribution in [0.3, 0.4) is 0 Å². The third-order valence-corrected chi connectivity index (χ3v) is 3.27. The monoisotopic (exact) mass is 438 g/mol. The molecule has 0 bridgehead atoms. The average molecular weight is 439 g/mol. The van der Waals surface area contributed by atoms with E-state index in [1.807, 2.05) is 0 Å². The SMILES string of the molecule is [N-]=[N+]=NCCOCCOCCOCCOCCOCCOCCOCCOCCN. The summed E-state index contributed by atoms with van der Waals surface area (Å²) < 4.78 is 42.6. The maximum atomic E-state index is 8.09. The third-order valence-electron chi connectivity index (χ3n) is 3.27. The maximum Gasteiger partial charge on any atom is 0.0701 e. The quantitative estimate of drug-likeness (QED) is 0.0875. The molecule has 0 aromatic carbocycles. The van der Waals surface area contributed by atoms with E-state index in [-0.39, 0.29) is 0 Å². The third kappa shape index (κ3) is 27.0. The molecule has 0 aliphatic rings. The van der Waals surface area contributed by atoms with Gasteiger partial charge >= 0.3 is 0 Å². The second-order valence-electron chi connectivity index (χ2n) is 5.64. The van der Waals surface area contributed by atoms with Crippen molar-refractivity contribution in [3.8, 4) is 0 Å². The van der Waals surface area contributed by atoms with Gasteiger partial charge in [-0.1, -0.05) is 5.11 Å². The minimum absolute atomic E-state index is 0.334. The molecule has 0 radical (unpaired) electrons. The molecule has 12 heteroatoms. The molecule has 2 N–H and O–H groups in total. The van der Waals surface area contributed by atoms with Crippen molar-refractivity contribution >= 4 is 0 Å². The molecule has 0 saturated carbocycles. The molecule has 178 valence electrons. The Morgan fingerprint density at radius 1 is 0.467 bits per heavy atom. The van der Waals surface area contributed by atoms with E-state index in [0.717, 1.165) is 0 Å². The minimum Gasteiger partial charge on any atom is -0.379 e. The number of nitrogens with zero attached hydrogens (tertiary/aromatic N) is 3. The Kier molecular flexibility index (Phi) is 27.0. The van der Waals surface area contributed by atoms with Crippen molar-refractivity contribution in [2.45, 2.75) is 0 Å². The van der Waals surface area contributed by atoms with Crippen molar-refractivity contribution in [2.24, 2.45) is 10.8 Å². The fourth-order valence-corrected chi connectivity index (χ4v) is 1.87. The van der Waals surface area contributed by atoms with Crippen molar-refractivity contribution in [1.82, 2.24) is 0 Å². The first-order chi connectivity index (χ1) is 14.9. The van der Waals surface area contributed by atoms with Crippen LogP contribution in [0.1, 0.15) is 0 Å². The van der Waals surface area contributed by atoms with Crippen LogP contribution in [0.2, 0.25) is 0 Å². The highest BCUT2D eigenvalue weighted by Gasteiger charge is 1.95. The van der Waals surface area contributed by atoms with Gasteiger partial charge < -0.3 is 43.6 Å². The van der Waals surface area contributed by atoms with E-state index in [1.165, 1.54) is 0 Å². The normalized spacial score (nSPS) is 11.0. The summed E-state index contributed by atoms with van der Waals surface area (Å²) in [5.41, 5.74) is 13.4. The van der Waals surface area contributed by atoms with Gasteiger partial charge in [0.25, 0.3) is 0 Å². The Bertz CT molecular complexity index is 376. The lowest BCUT2D eigenvalue weighted by Gasteiger charge is -2.08. The lowest BCUT2D eigenvalue weighted by atomic mass is 10.6. The van der Waals surface area contributed by atoms with Crippen LogP contribution in [0.5, 0.6) is 0 Å². The van der Waals surface area contributed by atoms with Crippen molar-refractivity contribution in [3.63, 3.8) is 0 Å². The highest BCUT2D eigenvalue weighted by Crippen LogP contribution is 1.85. The molecule has 0 fully saturated rings. The lowest BCUT2D eigenvalue weighted by molar-refractivity contribution is -0.0227. The van der Waals surface area contributed by atoms with Gasteiger partial charge in [0.05, 0.1) is 106 Å². The predicted octanol–water partition coefficient (Wildman–Crippen LogP) is 0.388. The maximum absolute atomic E-state index is 8.09. The molecule has 0 atom stereocenters. The molecule has 0 rings (SSSR count). The van der Waals surface area contributed by atoms with Crippen molar-refractivity contribution < 1.29 is 37.9 Å². The second-order valence-corrected chi connectivity index (χ2v) is 5.64. The summed E-state index contributed by atoms with van der Waals surface area (Å²) >= 11 is 0. The van der Waals surface area contributed by atoms with Crippen molar-refractivity contribution in [2.75, 3.05) is 119 Å². The molecule has 0 aromatic heterocycles. The molecule has 0 spiro atoms. The summed E-state index contributed by atoms with van der Waals surface area (Å²) in [5, 5.41) is 3.36. The van der Waals surface area contributed by atoms with Crippen molar-refractivity contribution in [3.05, 3.63) is 10.4 Å². The van der Waals surface area contributed by atoms with E-state index in [1.54, 1.807) is 0 Å². The van der Waals surface area contributed by atoms with Crippen LogP contribution in [0, 0.1) is 0 Å². The zero-order chi connectivity index (χ0) is 21.8. The number of azide groups is 1. The van der Waals surface area contributed by atoms with Gasteiger partial charge in [0.1, 0.15) is 0 Å². The Morgan fingerprint density at radius 2 is 0.733 bits per heavy atom. The topological polar surface area (TPSA) is 149 Å². The Balaban J connectivity index is 2.99. The smallest absolute Gasteiger partial charge is 0.0701 e. The van der Waals surface area contributed by atoms with E-state index >= 15 is 0 Å². The van der Waals surface area contributed by atoms with Gasteiger partial charge in [0.2, 0.25) is 0 Å². The fourth-order valence-electron chi connectivity index (χ4n) is 1.87. The van der Waals surface area contributed by atoms with Crippen LogP contribution in [-0.4, -0.2) is 119 Å². The van der Waals surface area contributed by atoms with Gasteiger partial charge in [0, 0.05) is 18.0 Å². The summed E-state index contributed by atoms with van der Waals surface area (Å²) in [6.07, 6.45) is 0. The largest absolute Gasteiger partial charge is 0.379 e. The van der Waals surface area contributed by atoms with Gasteiger partial charge in [-0.05, 0) is 5.53 Å². The standard InChI is InChI=1S/C18H38N4O8/c19-1-3-23-5-7-25-9-11-27-13-15-29-17-18-30-16-14-28-12-10-26-8-6-24-4-2-21-22-20/h1-19H2. The first kappa shape index (κ1) is 28.9. The second kappa shape index (κ2) is 27.9. The summed E-state index contributed by atoms with van der Waals surface area (Å²) in [6.45, 7) is 9.01. The molecule has 0 aromatic rings. The molecule has 0 unspecified atom stereocenters. The molecule has 0 saturated heterocycles. The summed E-state index contributed by atoms with van der Waals surface area (Å²) in [7, 11) is 0. The highest BCUT2D eigenvalue weighted by molar-refractivity contribution is 4.44. The van der Waals surface area contributed by atoms with E-state index in [9.17, 15) is 0 Å². The van der Waals surface area contributed by atoms with E-state index in [4.69, 9.17) is 49.2 Å². The van der Waals surface area contributed by atoms with Crippen molar-refractivity contribution in [1.29, 1.82) is 0 Å². The molecule has 0 amide bonds. The lowest BCUT2D eigenvalue weighted by Crippen LogP contribution is -2.15. The molecule has 30 heavy (non-hydrogen) atoms. The Labute approximate surface area is 178 Å². The number of nitrogens with two attached hydrogens (primary N) is 1. The van der Waals surface area contributed by atoms with Gasteiger partial charge in [-0.25, -0.2) is 0 Å². The number of rotatable bonds is 26. The number of hydrogen-bond acceptors (Lipinski definition) is 10. The highest BCUT2D eigenvalue weighted by atomic mass is 16.6. The Hall–Kier alpha value is -1.05. The minimum atomic E-state index is 0.334. The van der Waals surface area contributed by atoms with Crippen LogP contribution in [0.25, 0.3) is 10.4 Å². The Morgan fingerprint density at radius 3 is 1.00 bits per heavy atom. The van der Waals surface area contributed by atoms with E-state index in [2.05, 4.69) is 10.0 Å². The van der Waals surface area contributed by atoms with Crippen LogP contribution in [0.4, 0.5) is 0 Å². The van der Waals surface area contributed by atoms with Crippen LogP contribution in [0.15, 0.2) is 5.11 Å². The van der Waals surface area contributed by atoms with Gasteiger partial charge in [-0.2, -0.15) is 0 Å². The summed E-state index contributed by atoms with van der Waals surface area (Å²) in [6, 6.07) is 0. The van der Waals surface area contributed by atoms with Gasteiger partial charge in [-0.15, -0.1) is 0 Å². The number of ether oxygens (including phenoxy) is 8. The van der Waals surface area contributed by atoms with Crippen LogP contribution in [-0.2, 0) is 37.9 Å². The zero-order valence-electron chi connectivity index (χ0n) is 17.9. The summed E-state index contributed by atoms with van der Waals surface area (Å²) in [5.74, 6) is 0. The van der Waals surface area contributed by atoms with Gasteiger partial charge in [-0.3, -0.25) is 0 Å². The molecular formula is C18H38N4O8. The number of hydrogen-bond donors (Lipinski definition) is 1. The molecule has 0 heterocycles. The van der Waals surface area contributed by atoms with Crippen LogP contribution >= 0.6 is 0 Å². The molecule has 12 nitrogen and oxygen atoms in total.